The Morgan fingerprint density at radius 1 is 0.976 bits per heavy atom. The van der Waals surface area contributed by atoms with E-state index in [4.69, 9.17) is 18.7 Å². The van der Waals surface area contributed by atoms with Crippen LogP contribution in [0.25, 0.3) is 11.3 Å². The van der Waals surface area contributed by atoms with Crippen molar-refractivity contribution >= 4 is 5.88 Å². The van der Waals surface area contributed by atoms with Crippen molar-refractivity contribution in [3.05, 3.63) is 89.2 Å². The molecule has 0 saturated carbocycles. The van der Waals surface area contributed by atoms with E-state index in [0.29, 0.717) is 42.7 Å². The normalized spacial score (nSPS) is 13.0. The third-order valence-corrected chi connectivity index (χ3v) is 7.15. The lowest BCUT2D eigenvalue weighted by molar-refractivity contribution is 0.0626. The van der Waals surface area contributed by atoms with Gasteiger partial charge in [-0.15, -0.1) is 0 Å². The van der Waals surface area contributed by atoms with Crippen LogP contribution in [0, 0.1) is 12.7 Å². The van der Waals surface area contributed by atoms with Gasteiger partial charge in [-0.3, -0.25) is 4.90 Å². The number of aromatic nitrogens is 1. The first-order valence-electron chi connectivity index (χ1n) is 13.9. The molecule has 1 aliphatic heterocycles. The molecule has 4 aromatic rings. The second-order valence-electron chi connectivity index (χ2n) is 10.1. The molecular formula is C32H36FN3O5. The molecule has 5 rings (SSSR count). The number of aliphatic hydroxyl groups excluding tert-OH is 1. The van der Waals surface area contributed by atoms with Gasteiger partial charge in [0.15, 0.2) is 11.5 Å². The fourth-order valence-corrected chi connectivity index (χ4v) is 5.00. The van der Waals surface area contributed by atoms with Gasteiger partial charge in [-0.25, -0.2) is 4.39 Å². The Hall–Kier alpha value is -4.08. The number of anilines is 1. The highest BCUT2D eigenvalue weighted by Crippen LogP contribution is 2.35. The monoisotopic (exact) mass is 561 g/mol. The van der Waals surface area contributed by atoms with Crippen LogP contribution in [0.15, 0.2) is 71.3 Å². The summed E-state index contributed by atoms with van der Waals surface area (Å²) in [6, 6.07) is 19.9. The van der Waals surface area contributed by atoms with Gasteiger partial charge in [0.1, 0.15) is 30.0 Å². The summed E-state index contributed by atoms with van der Waals surface area (Å²) in [6.45, 7) is 9.17. The molecule has 0 fully saturated rings. The minimum absolute atomic E-state index is 0.139. The highest BCUT2D eigenvalue weighted by Gasteiger charge is 2.25. The fraction of sp³-hybridized carbons (Fsp3) is 0.344. The highest BCUT2D eigenvalue weighted by atomic mass is 19.1. The van der Waals surface area contributed by atoms with Crippen molar-refractivity contribution in [3.8, 4) is 28.5 Å². The third-order valence-electron chi connectivity index (χ3n) is 7.15. The molecule has 9 heteroatoms. The number of halogens is 1. The van der Waals surface area contributed by atoms with E-state index in [0.717, 1.165) is 41.1 Å². The number of benzene rings is 3. The molecule has 0 radical (unpaired) electrons. The van der Waals surface area contributed by atoms with Crippen molar-refractivity contribution in [1.29, 1.82) is 0 Å². The first-order valence-corrected chi connectivity index (χ1v) is 13.9. The number of para-hydroxylation sites is 1. The van der Waals surface area contributed by atoms with Crippen molar-refractivity contribution in [3.63, 3.8) is 0 Å². The van der Waals surface area contributed by atoms with Crippen LogP contribution in [0.1, 0.15) is 30.5 Å². The van der Waals surface area contributed by atoms with Gasteiger partial charge in [-0.2, -0.15) is 0 Å². The summed E-state index contributed by atoms with van der Waals surface area (Å²) < 4.78 is 36.7. The van der Waals surface area contributed by atoms with Crippen molar-refractivity contribution < 1.29 is 28.2 Å². The minimum atomic E-state index is -0.769. The summed E-state index contributed by atoms with van der Waals surface area (Å²) in [5.74, 6) is 2.51. The Morgan fingerprint density at radius 2 is 1.73 bits per heavy atom. The predicted molar refractivity (Wildman–Crippen MR) is 155 cm³/mol. The average molecular weight is 562 g/mol. The van der Waals surface area contributed by atoms with Crippen LogP contribution in [0.5, 0.6) is 17.2 Å². The molecule has 1 unspecified atom stereocenters. The largest absolute Gasteiger partial charge is 0.491 e. The second-order valence-corrected chi connectivity index (χ2v) is 10.1. The molecule has 8 nitrogen and oxygen atoms in total. The van der Waals surface area contributed by atoms with E-state index in [-0.39, 0.29) is 19.2 Å². The average Bonchev–Trinajstić information content (AvgIpc) is 3.61. The maximum Gasteiger partial charge on any atom is 0.232 e. The maximum atomic E-state index is 13.7. The van der Waals surface area contributed by atoms with Crippen molar-refractivity contribution in [2.75, 3.05) is 37.9 Å². The number of ether oxygens (including phenoxy) is 3. The van der Waals surface area contributed by atoms with Gasteiger partial charge in [0.05, 0.1) is 5.56 Å². The van der Waals surface area contributed by atoms with Gasteiger partial charge in [-0.1, -0.05) is 29.4 Å². The molecule has 1 aliphatic rings. The summed E-state index contributed by atoms with van der Waals surface area (Å²) in [4.78, 5) is 4.24. The molecule has 0 spiro atoms. The quantitative estimate of drug-likeness (QED) is 0.219. The molecular weight excluding hydrogens is 525 g/mol. The summed E-state index contributed by atoms with van der Waals surface area (Å²) >= 11 is 0. The van der Waals surface area contributed by atoms with E-state index in [9.17, 15) is 9.50 Å². The molecule has 3 aromatic carbocycles. The van der Waals surface area contributed by atoms with E-state index in [2.05, 4.69) is 28.8 Å². The molecule has 41 heavy (non-hydrogen) atoms. The number of fused-ring (bicyclic) bond motifs is 1. The Balaban J connectivity index is 1.44. The number of aliphatic hydroxyl groups is 1. The zero-order chi connectivity index (χ0) is 28.8. The molecule has 0 amide bonds. The van der Waals surface area contributed by atoms with Crippen LogP contribution in [0.4, 0.5) is 10.3 Å². The number of rotatable bonds is 13. The first kappa shape index (κ1) is 28.4. The molecule has 1 aromatic heterocycles. The van der Waals surface area contributed by atoms with E-state index in [1.54, 1.807) is 12.1 Å². The van der Waals surface area contributed by atoms with E-state index in [1.807, 2.05) is 49.4 Å². The second kappa shape index (κ2) is 13.1. The summed E-state index contributed by atoms with van der Waals surface area (Å²) in [6.07, 6.45) is -0.769. The van der Waals surface area contributed by atoms with Crippen molar-refractivity contribution in [2.24, 2.45) is 0 Å². The molecule has 0 bridgehead atoms. The lowest BCUT2D eigenvalue weighted by Crippen LogP contribution is -2.35. The van der Waals surface area contributed by atoms with E-state index < -0.39 is 6.10 Å². The lowest BCUT2D eigenvalue weighted by atomic mass is 10.1. The minimum Gasteiger partial charge on any atom is -0.491 e. The number of hydrogen-bond donors (Lipinski definition) is 1. The predicted octanol–water partition coefficient (Wildman–Crippen LogP) is 5.81. The highest BCUT2D eigenvalue weighted by molar-refractivity contribution is 5.68. The zero-order valence-corrected chi connectivity index (χ0v) is 23.7. The van der Waals surface area contributed by atoms with Crippen LogP contribution in [0.2, 0.25) is 0 Å². The van der Waals surface area contributed by atoms with E-state index >= 15 is 0 Å². The van der Waals surface area contributed by atoms with Gasteiger partial charge in [0.25, 0.3) is 0 Å². The maximum absolute atomic E-state index is 13.7. The third kappa shape index (κ3) is 6.81. The summed E-state index contributed by atoms with van der Waals surface area (Å²) in [5.41, 5.74) is 4.29. The van der Waals surface area contributed by atoms with Gasteiger partial charge >= 0.3 is 0 Å². The molecule has 0 aliphatic carbocycles. The van der Waals surface area contributed by atoms with Crippen LogP contribution < -0.4 is 19.1 Å². The van der Waals surface area contributed by atoms with Crippen LogP contribution in [-0.4, -0.2) is 54.3 Å². The fourth-order valence-electron chi connectivity index (χ4n) is 5.00. The smallest absolute Gasteiger partial charge is 0.232 e. The van der Waals surface area contributed by atoms with Crippen molar-refractivity contribution in [1.82, 2.24) is 10.1 Å². The number of nitrogens with zero attached hydrogens (tertiary/aromatic N) is 3. The lowest BCUT2D eigenvalue weighted by Gasteiger charge is -2.27. The SMILES string of the molecule is CCN(CC)c1onc(-c2ccc(F)cc2)c1CN(Cc1ccc2c(c1)OCO2)CC(O)COc1ccccc1C. The Labute approximate surface area is 239 Å². The molecule has 216 valence electrons. The zero-order valence-electron chi connectivity index (χ0n) is 23.7. The molecule has 0 saturated heterocycles. The van der Waals surface area contributed by atoms with Crippen LogP contribution in [-0.2, 0) is 13.1 Å². The Bertz CT molecular complexity index is 1440. The Kier molecular flexibility index (Phi) is 9.06. The summed E-state index contributed by atoms with van der Waals surface area (Å²) in [5, 5.41) is 15.5. The van der Waals surface area contributed by atoms with Crippen LogP contribution in [0.3, 0.4) is 0 Å². The van der Waals surface area contributed by atoms with Gasteiger partial charge in [0.2, 0.25) is 12.7 Å². The number of aryl methyl sites for hydroxylation is 1. The van der Waals surface area contributed by atoms with Gasteiger partial charge in [-0.05, 0) is 74.4 Å². The first-order chi connectivity index (χ1) is 19.9. The van der Waals surface area contributed by atoms with Crippen molar-refractivity contribution in [2.45, 2.75) is 40.0 Å². The van der Waals surface area contributed by atoms with E-state index in [1.165, 1.54) is 12.1 Å². The Morgan fingerprint density at radius 3 is 2.49 bits per heavy atom. The number of hydrogen-bond acceptors (Lipinski definition) is 8. The van der Waals surface area contributed by atoms with Crippen LogP contribution >= 0.6 is 0 Å². The summed E-state index contributed by atoms with van der Waals surface area (Å²) in [7, 11) is 0. The standard InChI is InChI=1S/C32H36FN3O5/c1-4-36(5-2)32-27(31(34-41-32)24-11-13-25(33)14-12-24)19-35(17-23-10-15-29-30(16-23)40-21-39-29)18-26(37)20-38-28-9-7-6-8-22(28)3/h6-16,26,37H,4-5,17-21H2,1-3H3. The molecule has 1 atom stereocenters. The molecule has 2 heterocycles. The molecule has 1 N–H and O–H groups in total. The van der Waals surface area contributed by atoms with Gasteiger partial charge in [0, 0.05) is 38.3 Å². The van der Waals surface area contributed by atoms with Gasteiger partial charge < -0.3 is 28.7 Å². The topological polar surface area (TPSA) is 80.4 Å².